The van der Waals surface area contributed by atoms with Gasteiger partial charge in [0.1, 0.15) is 0 Å². The molecule has 0 heterocycles. The van der Waals surface area contributed by atoms with Crippen molar-refractivity contribution in [2.24, 2.45) is 17.8 Å². The van der Waals surface area contributed by atoms with Crippen LogP contribution in [0.25, 0.3) is 0 Å². The molecule has 0 saturated heterocycles. The first kappa shape index (κ1) is 18.9. The second-order valence-electron chi connectivity index (χ2n) is 5.70. The molecule has 0 saturated carbocycles. The van der Waals surface area contributed by atoms with Gasteiger partial charge in [0, 0.05) is 6.42 Å². The van der Waals surface area contributed by atoms with Gasteiger partial charge >= 0.3 is 11.9 Å². The Labute approximate surface area is 122 Å². The molecule has 0 radical (unpaired) electrons. The summed E-state index contributed by atoms with van der Waals surface area (Å²) in [5.74, 6) is -1.31. The molecule has 3 unspecified atom stereocenters. The number of carbonyl (C=O) groups is 2. The van der Waals surface area contributed by atoms with E-state index in [1.165, 1.54) is 0 Å². The van der Waals surface area contributed by atoms with Crippen LogP contribution in [-0.4, -0.2) is 22.2 Å². The van der Waals surface area contributed by atoms with Crippen LogP contribution < -0.4 is 0 Å². The van der Waals surface area contributed by atoms with Crippen LogP contribution in [0.3, 0.4) is 0 Å². The molecule has 2 N–H and O–H groups in total. The highest BCUT2D eigenvalue weighted by Crippen LogP contribution is 2.28. The lowest BCUT2D eigenvalue weighted by Gasteiger charge is -2.23. The molecule has 118 valence electrons. The Hall–Kier alpha value is -1.06. The van der Waals surface area contributed by atoms with Gasteiger partial charge in [0.2, 0.25) is 0 Å². The summed E-state index contributed by atoms with van der Waals surface area (Å²) in [6, 6.07) is 0. The molecule has 0 bridgehead atoms. The zero-order chi connectivity index (χ0) is 15.5. The van der Waals surface area contributed by atoms with Crippen molar-refractivity contribution in [1.82, 2.24) is 0 Å². The molecule has 0 aromatic heterocycles. The molecule has 0 aromatic rings. The summed E-state index contributed by atoms with van der Waals surface area (Å²) in [6.45, 7) is 6.13. The zero-order valence-electron chi connectivity index (χ0n) is 13.1. The first-order chi connectivity index (χ1) is 9.46. The lowest BCUT2D eigenvalue weighted by molar-refractivity contribution is -0.144. The van der Waals surface area contributed by atoms with Crippen LogP contribution in [0, 0.1) is 17.8 Å². The molecule has 0 amide bonds. The molecule has 0 fully saturated rings. The largest absolute Gasteiger partial charge is 0.481 e. The average molecular weight is 286 g/mol. The highest BCUT2D eigenvalue weighted by Gasteiger charge is 2.26. The molecule has 0 aromatic carbocycles. The Morgan fingerprint density at radius 1 is 0.950 bits per heavy atom. The van der Waals surface area contributed by atoms with E-state index in [1.54, 1.807) is 0 Å². The van der Waals surface area contributed by atoms with E-state index in [9.17, 15) is 14.7 Å². The molecule has 0 aliphatic heterocycles. The van der Waals surface area contributed by atoms with Crippen LogP contribution in [-0.2, 0) is 9.59 Å². The van der Waals surface area contributed by atoms with Crippen molar-refractivity contribution >= 4 is 11.9 Å². The predicted molar refractivity (Wildman–Crippen MR) is 79.7 cm³/mol. The van der Waals surface area contributed by atoms with Gasteiger partial charge in [-0.25, -0.2) is 0 Å². The van der Waals surface area contributed by atoms with Crippen molar-refractivity contribution in [1.29, 1.82) is 0 Å². The van der Waals surface area contributed by atoms with Crippen molar-refractivity contribution in [2.75, 3.05) is 0 Å². The molecular weight excluding hydrogens is 256 g/mol. The molecule has 4 nitrogen and oxygen atoms in total. The Kier molecular flexibility index (Phi) is 10.1. The Balaban J connectivity index is 4.32. The summed E-state index contributed by atoms with van der Waals surface area (Å²) in [6.07, 6.45) is 6.20. The Morgan fingerprint density at radius 3 is 2.00 bits per heavy atom. The normalized spacial score (nSPS) is 15.6. The van der Waals surface area contributed by atoms with Crippen molar-refractivity contribution in [3.8, 4) is 0 Å². The smallest absolute Gasteiger partial charge is 0.306 e. The Morgan fingerprint density at radius 2 is 1.60 bits per heavy atom. The number of aliphatic carboxylic acids is 2. The summed E-state index contributed by atoms with van der Waals surface area (Å²) >= 11 is 0. The minimum Gasteiger partial charge on any atom is -0.481 e. The molecule has 0 spiro atoms. The number of carboxylic acids is 2. The van der Waals surface area contributed by atoms with E-state index < -0.39 is 11.9 Å². The summed E-state index contributed by atoms with van der Waals surface area (Å²) in [4.78, 5) is 22.1. The minimum absolute atomic E-state index is 0.174. The van der Waals surface area contributed by atoms with Gasteiger partial charge in [-0.1, -0.05) is 46.5 Å². The van der Waals surface area contributed by atoms with Crippen LogP contribution in [0.4, 0.5) is 0 Å². The standard InChI is InChI=1S/C16H30O4/c1-4-8-13(6-3)14(16(19)20)10-7-9-12(5-2)11-15(17)18/h12-14H,4-11H2,1-3H3,(H,17,18)(H,19,20). The maximum atomic E-state index is 11.4. The van der Waals surface area contributed by atoms with Crippen LogP contribution in [0.1, 0.15) is 72.1 Å². The molecule has 0 aliphatic rings. The van der Waals surface area contributed by atoms with E-state index in [2.05, 4.69) is 13.8 Å². The van der Waals surface area contributed by atoms with Gasteiger partial charge in [0.25, 0.3) is 0 Å². The quantitative estimate of drug-likeness (QED) is 0.564. The van der Waals surface area contributed by atoms with E-state index in [0.717, 1.165) is 38.5 Å². The van der Waals surface area contributed by atoms with E-state index in [0.29, 0.717) is 6.42 Å². The minimum atomic E-state index is -0.760. The first-order valence-corrected chi connectivity index (χ1v) is 7.90. The summed E-state index contributed by atoms with van der Waals surface area (Å²) in [5.41, 5.74) is 0. The van der Waals surface area contributed by atoms with E-state index >= 15 is 0 Å². The number of hydrogen-bond donors (Lipinski definition) is 2. The predicted octanol–water partition coefficient (Wildman–Crippen LogP) is 4.18. The maximum Gasteiger partial charge on any atom is 0.306 e. The zero-order valence-corrected chi connectivity index (χ0v) is 13.1. The maximum absolute atomic E-state index is 11.4. The van der Waals surface area contributed by atoms with Crippen LogP contribution >= 0.6 is 0 Å². The van der Waals surface area contributed by atoms with Crippen LogP contribution in [0.15, 0.2) is 0 Å². The molecule has 20 heavy (non-hydrogen) atoms. The fourth-order valence-electron chi connectivity index (χ4n) is 2.95. The number of carboxylic acid groups (broad SMARTS) is 2. The van der Waals surface area contributed by atoms with Crippen molar-refractivity contribution < 1.29 is 19.8 Å². The van der Waals surface area contributed by atoms with Gasteiger partial charge in [0.15, 0.2) is 0 Å². The second kappa shape index (κ2) is 10.7. The van der Waals surface area contributed by atoms with Gasteiger partial charge < -0.3 is 10.2 Å². The highest BCUT2D eigenvalue weighted by molar-refractivity contribution is 5.70. The Bertz CT molecular complexity index is 288. The molecule has 0 aliphatic carbocycles. The molecule has 4 heteroatoms. The second-order valence-corrected chi connectivity index (χ2v) is 5.70. The average Bonchev–Trinajstić information content (AvgIpc) is 2.39. The monoisotopic (exact) mass is 286 g/mol. The van der Waals surface area contributed by atoms with Crippen molar-refractivity contribution in [3.05, 3.63) is 0 Å². The lowest BCUT2D eigenvalue weighted by Crippen LogP contribution is -2.23. The van der Waals surface area contributed by atoms with Gasteiger partial charge in [-0.05, 0) is 31.1 Å². The van der Waals surface area contributed by atoms with Gasteiger partial charge in [-0.15, -0.1) is 0 Å². The summed E-state index contributed by atoms with van der Waals surface area (Å²) in [5, 5.41) is 18.2. The topological polar surface area (TPSA) is 74.6 Å². The van der Waals surface area contributed by atoms with Crippen LogP contribution in [0.2, 0.25) is 0 Å². The van der Waals surface area contributed by atoms with Gasteiger partial charge in [-0.2, -0.15) is 0 Å². The lowest BCUT2D eigenvalue weighted by atomic mass is 9.82. The third-order valence-corrected chi connectivity index (χ3v) is 4.24. The summed E-state index contributed by atoms with van der Waals surface area (Å²) in [7, 11) is 0. The van der Waals surface area contributed by atoms with E-state index in [-0.39, 0.29) is 24.2 Å². The van der Waals surface area contributed by atoms with Crippen molar-refractivity contribution in [2.45, 2.75) is 72.1 Å². The fraction of sp³-hybridized carbons (Fsp3) is 0.875. The van der Waals surface area contributed by atoms with Crippen molar-refractivity contribution in [3.63, 3.8) is 0 Å². The molecular formula is C16H30O4. The fourth-order valence-corrected chi connectivity index (χ4v) is 2.95. The summed E-state index contributed by atoms with van der Waals surface area (Å²) < 4.78 is 0. The molecule has 0 rings (SSSR count). The third-order valence-electron chi connectivity index (χ3n) is 4.24. The van der Waals surface area contributed by atoms with Gasteiger partial charge in [0.05, 0.1) is 5.92 Å². The SMILES string of the molecule is CCCC(CC)C(CCCC(CC)CC(=O)O)C(=O)O. The number of hydrogen-bond acceptors (Lipinski definition) is 2. The van der Waals surface area contributed by atoms with Gasteiger partial charge in [-0.3, -0.25) is 9.59 Å². The third kappa shape index (κ3) is 7.51. The number of rotatable bonds is 12. The molecule has 3 atom stereocenters. The van der Waals surface area contributed by atoms with Crippen LogP contribution in [0.5, 0.6) is 0 Å². The first-order valence-electron chi connectivity index (χ1n) is 7.90. The van der Waals surface area contributed by atoms with E-state index in [4.69, 9.17) is 5.11 Å². The van der Waals surface area contributed by atoms with E-state index in [1.807, 2.05) is 6.92 Å². The highest BCUT2D eigenvalue weighted by atomic mass is 16.4.